The van der Waals surface area contributed by atoms with E-state index in [2.05, 4.69) is 6.92 Å². The molecule has 0 aliphatic carbocycles. The quantitative estimate of drug-likeness (QED) is 0.865. The van der Waals surface area contributed by atoms with Crippen molar-refractivity contribution < 1.29 is 9.47 Å². The molecule has 0 amide bonds. The number of hydrogen-bond acceptors (Lipinski definition) is 3. The molecule has 1 rings (SSSR count). The summed E-state index contributed by atoms with van der Waals surface area (Å²) in [6.45, 7) is 2.76. The van der Waals surface area contributed by atoms with Crippen LogP contribution in [0.2, 0.25) is 5.02 Å². The summed E-state index contributed by atoms with van der Waals surface area (Å²) in [5, 5.41) is 0.558. The molecule has 0 fully saturated rings. The minimum absolute atomic E-state index is 0.325. The lowest BCUT2D eigenvalue weighted by atomic mass is 9.96. The molecule has 1 atom stereocenters. The second-order valence-corrected chi connectivity index (χ2v) is 4.09. The van der Waals surface area contributed by atoms with E-state index in [1.165, 1.54) is 0 Å². The highest BCUT2D eigenvalue weighted by Crippen LogP contribution is 2.41. The van der Waals surface area contributed by atoms with Gasteiger partial charge in [0.2, 0.25) is 0 Å². The Kier molecular flexibility index (Phi) is 4.90. The summed E-state index contributed by atoms with van der Waals surface area (Å²) in [6.07, 6.45) is 0.904. The average molecular weight is 244 g/mol. The first-order valence-electron chi connectivity index (χ1n) is 5.26. The molecule has 0 aromatic heterocycles. The van der Waals surface area contributed by atoms with Crippen LogP contribution in [-0.4, -0.2) is 20.8 Å². The first-order valence-corrected chi connectivity index (χ1v) is 5.63. The summed E-state index contributed by atoms with van der Waals surface area (Å²) in [6, 6.07) is 3.79. The van der Waals surface area contributed by atoms with Crippen molar-refractivity contribution in [1.82, 2.24) is 0 Å². The maximum absolute atomic E-state index is 6.03. The molecular weight excluding hydrogens is 226 g/mol. The zero-order valence-electron chi connectivity index (χ0n) is 9.92. The Morgan fingerprint density at radius 1 is 1.25 bits per heavy atom. The number of hydrogen-bond donors (Lipinski definition) is 1. The Morgan fingerprint density at radius 2 is 1.88 bits per heavy atom. The second-order valence-electron chi connectivity index (χ2n) is 3.68. The highest BCUT2D eigenvalue weighted by Gasteiger charge is 2.17. The smallest absolute Gasteiger partial charge is 0.179 e. The van der Waals surface area contributed by atoms with Crippen LogP contribution in [0.15, 0.2) is 12.1 Å². The van der Waals surface area contributed by atoms with Crippen LogP contribution in [0.1, 0.15) is 24.8 Å². The molecule has 0 aliphatic rings. The van der Waals surface area contributed by atoms with Crippen LogP contribution in [0.5, 0.6) is 11.5 Å². The number of rotatable bonds is 5. The van der Waals surface area contributed by atoms with E-state index in [4.69, 9.17) is 26.8 Å². The molecule has 0 bridgehead atoms. The van der Waals surface area contributed by atoms with E-state index in [1.807, 2.05) is 12.1 Å². The van der Waals surface area contributed by atoms with Gasteiger partial charge in [-0.1, -0.05) is 24.6 Å². The molecule has 3 nitrogen and oxygen atoms in total. The lowest BCUT2D eigenvalue weighted by molar-refractivity contribution is 0.349. The molecule has 0 saturated carbocycles. The zero-order valence-corrected chi connectivity index (χ0v) is 10.7. The fourth-order valence-electron chi connectivity index (χ4n) is 1.75. The molecule has 16 heavy (non-hydrogen) atoms. The van der Waals surface area contributed by atoms with Crippen LogP contribution >= 0.6 is 11.6 Å². The zero-order chi connectivity index (χ0) is 12.1. The van der Waals surface area contributed by atoms with Crippen LogP contribution in [0.3, 0.4) is 0 Å². The van der Waals surface area contributed by atoms with Gasteiger partial charge in [0.15, 0.2) is 11.5 Å². The van der Waals surface area contributed by atoms with Crippen LogP contribution < -0.4 is 15.2 Å². The third-order valence-corrected chi connectivity index (χ3v) is 2.93. The molecule has 0 saturated heterocycles. The van der Waals surface area contributed by atoms with E-state index in [1.54, 1.807) is 14.2 Å². The van der Waals surface area contributed by atoms with Crippen molar-refractivity contribution in [2.24, 2.45) is 5.73 Å². The monoisotopic (exact) mass is 243 g/mol. The van der Waals surface area contributed by atoms with Gasteiger partial charge in [0.25, 0.3) is 0 Å². The van der Waals surface area contributed by atoms with Crippen LogP contribution in [0.4, 0.5) is 0 Å². The fourth-order valence-corrected chi connectivity index (χ4v) is 1.97. The van der Waals surface area contributed by atoms with Gasteiger partial charge in [-0.25, -0.2) is 0 Å². The highest BCUT2D eigenvalue weighted by molar-refractivity contribution is 6.32. The summed E-state index contributed by atoms with van der Waals surface area (Å²) in [7, 11) is 3.20. The van der Waals surface area contributed by atoms with E-state index < -0.39 is 0 Å². The normalized spacial score (nSPS) is 12.3. The van der Waals surface area contributed by atoms with Gasteiger partial charge in [-0.15, -0.1) is 0 Å². The van der Waals surface area contributed by atoms with Crippen molar-refractivity contribution in [3.05, 3.63) is 22.7 Å². The Labute approximate surface area is 101 Å². The molecule has 1 unspecified atom stereocenters. The third-order valence-electron chi connectivity index (χ3n) is 2.63. The van der Waals surface area contributed by atoms with Crippen LogP contribution in [0.25, 0.3) is 0 Å². The van der Waals surface area contributed by atoms with Crippen molar-refractivity contribution in [3.8, 4) is 11.5 Å². The van der Waals surface area contributed by atoms with Crippen molar-refractivity contribution in [1.29, 1.82) is 0 Å². The SMILES string of the molecule is COc1c(Cl)ccc(C(C)CCN)c1OC. The number of ether oxygens (including phenoxy) is 2. The topological polar surface area (TPSA) is 44.5 Å². The van der Waals surface area contributed by atoms with E-state index in [-0.39, 0.29) is 0 Å². The van der Waals surface area contributed by atoms with Gasteiger partial charge in [-0.2, -0.15) is 0 Å². The van der Waals surface area contributed by atoms with Gasteiger partial charge in [0.1, 0.15) is 0 Å². The van der Waals surface area contributed by atoms with Crippen molar-refractivity contribution in [3.63, 3.8) is 0 Å². The van der Waals surface area contributed by atoms with E-state index in [0.29, 0.717) is 29.0 Å². The predicted molar refractivity (Wildman–Crippen MR) is 66.6 cm³/mol. The van der Waals surface area contributed by atoms with Gasteiger partial charge in [-0.3, -0.25) is 0 Å². The minimum Gasteiger partial charge on any atom is -0.493 e. The average Bonchev–Trinajstić information content (AvgIpc) is 2.28. The van der Waals surface area contributed by atoms with Crippen LogP contribution in [0, 0.1) is 0 Å². The molecule has 4 heteroatoms. The Hall–Kier alpha value is -0.930. The summed E-state index contributed by atoms with van der Waals surface area (Å²) in [5.41, 5.74) is 6.64. The first kappa shape index (κ1) is 13.1. The summed E-state index contributed by atoms with van der Waals surface area (Å²) in [5.74, 6) is 1.62. The Bertz CT molecular complexity index is 355. The molecule has 0 spiro atoms. The third kappa shape index (κ3) is 2.60. The lowest BCUT2D eigenvalue weighted by Gasteiger charge is -2.18. The molecule has 90 valence electrons. The first-order chi connectivity index (χ1) is 7.65. The maximum atomic E-state index is 6.03. The summed E-state index contributed by atoms with van der Waals surface area (Å²) >= 11 is 6.03. The molecule has 1 aromatic carbocycles. The number of nitrogens with two attached hydrogens (primary N) is 1. The summed E-state index contributed by atoms with van der Waals surface area (Å²) < 4.78 is 10.6. The number of halogens is 1. The summed E-state index contributed by atoms with van der Waals surface area (Å²) in [4.78, 5) is 0. The molecule has 0 heterocycles. The fraction of sp³-hybridized carbons (Fsp3) is 0.500. The predicted octanol–water partition coefficient (Wildman–Crippen LogP) is 2.81. The van der Waals surface area contributed by atoms with Gasteiger partial charge in [0.05, 0.1) is 19.2 Å². The largest absolute Gasteiger partial charge is 0.493 e. The van der Waals surface area contributed by atoms with Gasteiger partial charge in [0, 0.05) is 5.56 Å². The Balaban J connectivity index is 3.18. The molecule has 0 aliphatic heterocycles. The minimum atomic E-state index is 0.325. The molecule has 1 aromatic rings. The van der Waals surface area contributed by atoms with Gasteiger partial charge >= 0.3 is 0 Å². The Morgan fingerprint density at radius 3 is 2.38 bits per heavy atom. The number of benzene rings is 1. The molecule has 2 N–H and O–H groups in total. The van der Waals surface area contributed by atoms with Gasteiger partial charge in [-0.05, 0) is 24.9 Å². The van der Waals surface area contributed by atoms with E-state index >= 15 is 0 Å². The maximum Gasteiger partial charge on any atom is 0.179 e. The van der Waals surface area contributed by atoms with E-state index in [0.717, 1.165) is 12.0 Å². The second kappa shape index (κ2) is 5.97. The number of methoxy groups -OCH3 is 2. The van der Waals surface area contributed by atoms with Crippen molar-refractivity contribution >= 4 is 11.6 Å². The van der Waals surface area contributed by atoms with Crippen molar-refractivity contribution in [2.75, 3.05) is 20.8 Å². The van der Waals surface area contributed by atoms with Crippen molar-refractivity contribution in [2.45, 2.75) is 19.3 Å². The lowest BCUT2D eigenvalue weighted by Crippen LogP contribution is -2.06. The van der Waals surface area contributed by atoms with Crippen LogP contribution in [-0.2, 0) is 0 Å². The van der Waals surface area contributed by atoms with Gasteiger partial charge < -0.3 is 15.2 Å². The standard InChI is InChI=1S/C12H18ClNO2/c1-8(6-7-14)9-4-5-10(13)12(16-3)11(9)15-2/h4-5,8H,6-7,14H2,1-3H3. The highest BCUT2D eigenvalue weighted by atomic mass is 35.5. The van der Waals surface area contributed by atoms with E-state index in [9.17, 15) is 0 Å². The molecular formula is C12H18ClNO2. The molecule has 0 radical (unpaired) electrons.